The molecule has 0 saturated carbocycles. The largest absolute Gasteiger partial charge is 0.486 e. The number of hydrogen-bond acceptors (Lipinski definition) is 6. The summed E-state index contributed by atoms with van der Waals surface area (Å²) in [5.74, 6) is 1.42. The fourth-order valence-corrected chi connectivity index (χ4v) is 3.24. The number of fused-ring (bicyclic) bond motifs is 1. The second kappa shape index (κ2) is 8.75. The van der Waals surface area contributed by atoms with Gasteiger partial charge >= 0.3 is 0 Å². The predicted octanol–water partition coefficient (Wildman–Crippen LogP) is 1.77. The first-order valence-corrected chi connectivity index (χ1v) is 9.51. The highest BCUT2D eigenvalue weighted by atomic mass is 32.2. The van der Waals surface area contributed by atoms with Gasteiger partial charge in [-0.25, -0.2) is 4.98 Å². The lowest BCUT2D eigenvalue weighted by atomic mass is 10.2. The van der Waals surface area contributed by atoms with Crippen LogP contribution in [0.25, 0.3) is 0 Å². The number of carbonyl (C=O) groups excluding carboxylic acids is 1. The van der Waals surface area contributed by atoms with Gasteiger partial charge in [0.2, 0.25) is 5.91 Å². The highest BCUT2D eigenvalue weighted by Gasteiger charge is 2.21. The molecule has 8 heteroatoms. The van der Waals surface area contributed by atoms with E-state index in [9.17, 15) is 9.59 Å². The first-order valence-electron chi connectivity index (χ1n) is 8.52. The molecule has 1 aromatic carbocycles. The highest BCUT2D eigenvalue weighted by molar-refractivity contribution is 7.99. The lowest BCUT2D eigenvalue weighted by molar-refractivity contribution is -0.119. The van der Waals surface area contributed by atoms with Gasteiger partial charge in [-0.05, 0) is 18.6 Å². The van der Waals surface area contributed by atoms with Crippen molar-refractivity contribution in [2.75, 3.05) is 18.9 Å². The highest BCUT2D eigenvalue weighted by Crippen LogP contribution is 2.30. The van der Waals surface area contributed by atoms with Crippen LogP contribution in [0.3, 0.4) is 0 Å². The normalized spacial score (nSPS) is 15.5. The van der Waals surface area contributed by atoms with Gasteiger partial charge in [-0.3, -0.25) is 9.59 Å². The molecule has 0 saturated heterocycles. The van der Waals surface area contributed by atoms with Crippen LogP contribution in [0.4, 0.5) is 0 Å². The lowest BCUT2D eigenvalue weighted by Gasteiger charge is -2.26. The summed E-state index contributed by atoms with van der Waals surface area (Å²) in [5, 5.41) is 3.28. The molecule has 0 unspecified atom stereocenters. The number of para-hydroxylation sites is 2. The standard InChI is InChI=1S/C18H21N3O4S/c1-2-5-12-8-16(22)21-18(20-12)26-11-17(23)19-9-13-10-24-14-6-3-4-7-15(14)25-13/h3-4,6-8,13H,2,5,9-11H2,1H3,(H,19,23)(H,20,21,22)/t13-/m1/s1. The Hall–Kier alpha value is -2.48. The topological polar surface area (TPSA) is 93.3 Å². The minimum Gasteiger partial charge on any atom is -0.486 e. The number of benzene rings is 1. The molecule has 1 aliphatic heterocycles. The second-order valence-corrected chi connectivity index (χ2v) is 6.85. The summed E-state index contributed by atoms with van der Waals surface area (Å²) < 4.78 is 11.4. The van der Waals surface area contributed by atoms with Gasteiger partial charge in [-0.15, -0.1) is 0 Å². The summed E-state index contributed by atoms with van der Waals surface area (Å²) in [6.45, 7) is 2.77. The third-order valence-corrected chi connectivity index (χ3v) is 4.59. The zero-order chi connectivity index (χ0) is 18.4. The Morgan fingerprint density at radius 2 is 2.19 bits per heavy atom. The molecule has 7 nitrogen and oxygen atoms in total. The van der Waals surface area contributed by atoms with Crippen LogP contribution in [-0.2, 0) is 11.2 Å². The molecule has 1 aromatic heterocycles. The molecule has 0 radical (unpaired) electrons. The fraction of sp³-hybridized carbons (Fsp3) is 0.389. The number of aryl methyl sites for hydroxylation is 1. The van der Waals surface area contributed by atoms with Crippen molar-refractivity contribution in [3.8, 4) is 11.5 Å². The lowest BCUT2D eigenvalue weighted by Crippen LogP contribution is -2.41. The average molecular weight is 375 g/mol. The Kier molecular flexibility index (Phi) is 6.17. The summed E-state index contributed by atoms with van der Waals surface area (Å²) in [6, 6.07) is 8.94. The zero-order valence-electron chi connectivity index (χ0n) is 14.5. The Morgan fingerprint density at radius 1 is 1.38 bits per heavy atom. The molecule has 1 atom stereocenters. The molecule has 1 amide bonds. The Morgan fingerprint density at radius 3 is 3.00 bits per heavy atom. The van der Waals surface area contributed by atoms with Gasteiger partial charge in [0.15, 0.2) is 16.7 Å². The van der Waals surface area contributed by atoms with Crippen LogP contribution in [0, 0.1) is 0 Å². The molecule has 2 heterocycles. The van der Waals surface area contributed by atoms with E-state index in [0.29, 0.717) is 29.8 Å². The zero-order valence-corrected chi connectivity index (χ0v) is 15.3. The van der Waals surface area contributed by atoms with Gasteiger partial charge in [0.25, 0.3) is 5.56 Å². The van der Waals surface area contributed by atoms with Gasteiger partial charge in [0.05, 0.1) is 12.3 Å². The van der Waals surface area contributed by atoms with Crippen molar-refractivity contribution in [1.29, 1.82) is 0 Å². The van der Waals surface area contributed by atoms with Crippen LogP contribution in [0.5, 0.6) is 11.5 Å². The van der Waals surface area contributed by atoms with Crippen molar-refractivity contribution in [1.82, 2.24) is 15.3 Å². The molecule has 0 aliphatic carbocycles. The molecule has 1 aliphatic rings. The Labute approximate surface area is 155 Å². The van der Waals surface area contributed by atoms with Crippen molar-refractivity contribution in [2.24, 2.45) is 0 Å². The number of thioether (sulfide) groups is 1. The SMILES string of the molecule is CCCc1cc(=O)[nH]c(SCC(=O)NC[C@@H]2COc3ccccc3O2)n1. The van der Waals surface area contributed by atoms with Gasteiger partial charge < -0.3 is 19.8 Å². The van der Waals surface area contributed by atoms with E-state index in [4.69, 9.17) is 9.47 Å². The minimum atomic E-state index is -0.232. The number of hydrogen-bond donors (Lipinski definition) is 2. The molecule has 0 bridgehead atoms. The number of nitrogens with one attached hydrogen (secondary N) is 2. The van der Waals surface area contributed by atoms with Gasteiger partial charge in [-0.1, -0.05) is 37.2 Å². The maximum Gasteiger partial charge on any atom is 0.251 e. The summed E-state index contributed by atoms with van der Waals surface area (Å²) in [6.07, 6.45) is 1.42. The van der Waals surface area contributed by atoms with Crippen LogP contribution in [0.2, 0.25) is 0 Å². The number of nitrogens with zero attached hydrogens (tertiary/aromatic N) is 1. The van der Waals surface area contributed by atoms with Crippen LogP contribution in [0.15, 0.2) is 40.3 Å². The number of H-pyrrole nitrogens is 1. The van der Waals surface area contributed by atoms with E-state index in [2.05, 4.69) is 15.3 Å². The minimum absolute atomic E-state index is 0.152. The third-order valence-electron chi connectivity index (χ3n) is 3.71. The molecular formula is C18H21N3O4S. The van der Waals surface area contributed by atoms with Crippen molar-refractivity contribution >= 4 is 17.7 Å². The smallest absolute Gasteiger partial charge is 0.251 e. The summed E-state index contributed by atoms with van der Waals surface area (Å²) in [7, 11) is 0. The van der Waals surface area contributed by atoms with Crippen molar-refractivity contribution in [3.05, 3.63) is 46.4 Å². The number of ether oxygens (including phenoxy) is 2. The number of aromatic amines is 1. The maximum absolute atomic E-state index is 12.1. The predicted molar refractivity (Wildman–Crippen MR) is 98.9 cm³/mol. The van der Waals surface area contributed by atoms with Crippen molar-refractivity contribution in [2.45, 2.75) is 31.0 Å². The van der Waals surface area contributed by atoms with Crippen LogP contribution in [-0.4, -0.2) is 40.9 Å². The van der Waals surface area contributed by atoms with Crippen LogP contribution < -0.4 is 20.3 Å². The summed E-state index contributed by atoms with van der Waals surface area (Å²) in [4.78, 5) is 30.7. The maximum atomic E-state index is 12.1. The Balaban J connectivity index is 1.46. The number of carbonyl (C=O) groups is 1. The summed E-state index contributed by atoms with van der Waals surface area (Å²) >= 11 is 1.21. The quantitative estimate of drug-likeness (QED) is 0.566. The second-order valence-electron chi connectivity index (χ2n) is 5.88. The molecule has 0 spiro atoms. The fourth-order valence-electron chi connectivity index (χ4n) is 2.51. The van der Waals surface area contributed by atoms with E-state index in [1.54, 1.807) is 0 Å². The Bertz CT molecular complexity index is 824. The average Bonchev–Trinajstić information content (AvgIpc) is 2.64. The number of rotatable bonds is 7. The van der Waals surface area contributed by atoms with Gasteiger partial charge in [0.1, 0.15) is 12.7 Å². The third kappa shape index (κ3) is 5.01. The number of amides is 1. The molecule has 138 valence electrons. The van der Waals surface area contributed by atoms with E-state index in [1.807, 2.05) is 31.2 Å². The molecule has 0 fully saturated rings. The number of aromatic nitrogens is 2. The van der Waals surface area contributed by atoms with E-state index in [1.165, 1.54) is 17.8 Å². The summed E-state index contributed by atoms with van der Waals surface area (Å²) in [5.41, 5.74) is 0.545. The molecule has 2 N–H and O–H groups in total. The van der Waals surface area contributed by atoms with E-state index >= 15 is 0 Å². The molecule has 26 heavy (non-hydrogen) atoms. The van der Waals surface area contributed by atoms with Crippen molar-refractivity contribution in [3.63, 3.8) is 0 Å². The van der Waals surface area contributed by atoms with Gasteiger partial charge in [0, 0.05) is 11.8 Å². The van der Waals surface area contributed by atoms with E-state index in [0.717, 1.165) is 18.5 Å². The van der Waals surface area contributed by atoms with Crippen molar-refractivity contribution < 1.29 is 14.3 Å². The first kappa shape index (κ1) is 18.3. The first-order chi connectivity index (χ1) is 12.6. The van der Waals surface area contributed by atoms with E-state index in [-0.39, 0.29) is 23.3 Å². The van der Waals surface area contributed by atoms with Crippen LogP contribution in [0.1, 0.15) is 19.0 Å². The van der Waals surface area contributed by atoms with Crippen LogP contribution >= 0.6 is 11.8 Å². The molecule has 3 rings (SSSR count). The monoisotopic (exact) mass is 375 g/mol. The molecule has 2 aromatic rings. The molecular weight excluding hydrogens is 354 g/mol. The van der Waals surface area contributed by atoms with E-state index < -0.39 is 0 Å². The van der Waals surface area contributed by atoms with Gasteiger partial charge in [-0.2, -0.15) is 0 Å².